The predicted molar refractivity (Wildman–Crippen MR) is 47.4 cm³/mol. The van der Waals surface area contributed by atoms with E-state index in [-0.39, 0.29) is 0 Å². The summed E-state index contributed by atoms with van der Waals surface area (Å²) in [6.07, 6.45) is -5.30. The van der Waals surface area contributed by atoms with E-state index >= 15 is 0 Å². The van der Waals surface area contributed by atoms with Crippen molar-refractivity contribution in [1.29, 1.82) is 0 Å². The van der Waals surface area contributed by atoms with Crippen LogP contribution in [0, 0.1) is 5.92 Å². The maximum absolute atomic E-state index is 13.4. The highest BCUT2D eigenvalue weighted by Gasteiger charge is 2.74. The molecule has 0 radical (unpaired) electrons. The number of hydrogen-bond donors (Lipinski definition) is 1. The quantitative estimate of drug-likeness (QED) is 0.679. The minimum absolute atomic E-state index is 0.291. The average Bonchev–Trinajstić information content (AvgIpc) is 2.17. The summed E-state index contributed by atoms with van der Waals surface area (Å²) in [5.41, 5.74) is 0. The topological polar surface area (TPSA) is 29.5 Å². The maximum Gasteiger partial charge on any atom is 0.449 e. The summed E-state index contributed by atoms with van der Waals surface area (Å²) in [6, 6.07) is 0. The first-order chi connectivity index (χ1) is 7.67. The van der Waals surface area contributed by atoms with Crippen LogP contribution in [0.25, 0.3) is 0 Å². The van der Waals surface area contributed by atoms with Crippen LogP contribution in [-0.4, -0.2) is 29.1 Å². The Morgan fingerprint density at radius 3 is 2.29 bits per heavy atom. The smallest absolute Gasteiger partial charge is 0.354 e. The van der Waals surface area contributed by atoms with Gasteiger partial charge in [0.1, 0.15) is 0 Å². The Hall–Kier alpha value is -0.430. The lowest BCUT2D eigenvalue weighted by Crippen LogP contribution is -2.66. The van der Waals surface area contributed by atoms with Crippen LogP contribution in [0.1, 0.15) is 32.1 Å². The third-order valence-corrected chi connectivity index (χ3v) is 3.56. The molecular weight excluding hydrogens is 247 g/mol. The van der Waals surface area contributed by atoms with Gasteiger partial charge in [-0.1, -0.05) is 12.8 Å². The zero-order valence-corrected chi connectivity index (χ0v) is 8.94. The highest BCUT2D eigenvalue weighted by Crippen LogP contribution is 2.53. The van der Waals surface area contributed by atoms with Crippen LogP contribution in [-0.2, 0) is 4.74 Å². The van der Waals surface area contributed by atoms with Gasteiger partial charge in [0.05, 0.1) is 6.10 Å². The van der Waals surface area contributed by atoms with E-state index in [1.165, 1.54) is 0 Å². The van der Waals surface area contributed by atoms with E-state index in [0.29, 0.717) is 25.7 Å². The van der Waals surface area contributed by atoms with Gasteiger partial charge in [-0.15, -0.1) is 0 Å². The largest absolute Gasteiger partial charge is 0.449 e. The van der Waals surface area contributed by atoms with Gasteiger partial charge in [-0.05, 0) is 18.8 Å². The van der Waals surface area contributed by atoms with Crippen LogP contribution in [0.15, 0.2) is 0 Å². The molecule has 0 amide bonds. The molecule has 100 valence electrons. The highest BCUT2D eigenvalue weighted by molar-refractivity contribution is 5.00. The van der Waals surface area contributed by atoms with Gasteiger partial charge >= 0.3 is 17.9 Å². The van der Waals surface area contributed by atoms with Crippen molar-refractivity contribution >= 4 is 0 Å². The van der Waals surface area contributed by atoms with Gasteiger partial charge in [0.25, 0.3) is 0 Å². The highest BCUT2D eigenvalue weighted by atomic mass is 19.4. The molecule has 7 heteroatoms. The summed E-state index contributed by atoms with van der Waals surface area (Å²) < 4.78 is 68.8. The molecule has 0 aromatic heterocycles. The molecule has 2 aliphatic rings. The van der Waals surface area contributed by atoms with Gasteiger partial charge in [0, 0.05) is 6.42 Å². The molecule has 17 heavy (non-hydrogen) atoms. The minimum Gasteiger partial charge on any atom is -0.354 e. The van der Waals surface area contributed by atoms with Crippen molar-refractivity contribution in [2.45, 2.75) is 56.1 Å². The number of rotatable bonds is 0. The first-order valence-corrected chi connectivity index (χ1v) is 5.52. The number of alkyl halides is 5. The summed E-state index contributed by atoms with van der Waals surface area (Å²) in [5, 5.41) is 9.18. The fraction of sp³-hybridized carbons (Fsp3) is 1.00. The summed E-state index contributed by atoms with van der Waals surface area (Å²) in [4.78, 5) is 0. The fourth-order valence-electron chi connectivity index (χ4n) is 2.61. The molecule has 1 aliphatic heterocycles. The van der Waals surface area contributed by atoms with Crippen LogP contribution in [0.4, 0.5) is 22.0 Å². The van der Waals surface area contributed by atoms with Crippen molar-refractivity contribution < 1.29 is 31.8 Å². The van der Waals surface area contributed by atoms with Crippen LogP contribution in [0.3, 0.4) is 0 Å². The second-order valence-corrected chi connectivity index (χ2v) is 4.75. The second-order valence-electron chi connectivity index (χ2n) is 4.75. The fourth-order valence-corrected chi connectivity index (χ4v) is 2.61. The number of aliphatic hydroxyl groups is 1. The number of fused-ring (bicyclic) bond motifs is 1. The Morgan fingerprint density at radius 2 is 1.71 bits per heavy atom. The normalized spacial score (nSPS) is 42.0. The Kier molecular flexibility index (Phi) is 2.89. The number of halogens is 5. The molecule has 0 spiro atoms. The number of ether oxygens (including phenoxy) is 1. The standard InChI is InChI=1S/C10H13F5O2/c11-8(12)5-6-3-1-2-4-7(6)17-9(8,16)10(13,14)15/h6-7,16H,1-5H2. The summed E-state index contributed by atoms with van der Waals surface area (Å²) >= 11 is 0. The Labute approximate surface area is 94.7 Å². The summed E-state index contributed by atoms with van der Waals surface area (Å²) in [6.45, 7) is 0. The lowest BCUT2D eigenvalue weighted by Gasteiger charge is -2.48. The third kappa shape index (κ3) is 1.93. The predicted octanol–water partition coefficient (Wildman–Crippen LogP) is 2.85. The van der Waals surface area contributed by atoms with Crippen molar-refractivity contribution in [3.63, 3.8) is 0 Å². The molecular formula is C10H13F5O2. The zero-order chi connectivity index (χ0) is 12.9. The van der Waals surface area contributed by atoms with Gasteiger partial charge in [-0.2, -0.15) is 13.2 Å². The molecule has 1 saturated carbocycles. The summed E-state index contributed by atoms with van der Waals surface area (Å²) in [7, 11) is 0. The maximum atomic E-state index is 13.4. The minimum atomic E-state index is -5.49. The van der Waals surface area contributed by atoms with E-state index < -0.39 is 36.3 Å². The molecule has 0 bridgehead atoms. The third-order valence-electron chi connectivity index (χ3n) is 3.56. The molecule has 0 aromatic rings. The van der Waals surface area contributed by atoms with Crippen molar-refractivity contribution in [2.24, 2.45) is 5.92 Å². The molecule has 1 saturated heterocycles. The van der Waals surface area contributed by atoms with Gasteiger partial charge in [0.15, 0.2) is 0 Å². The molecule has 1 N–H and O–H groups in total. The molecule has 2 nitrogen and oxygen atoms in total. The molecule has 3 atom stereocenters. The van der Waals surface area contributed by atoms with E-state index in [9.17, 15) is 27.1 Å². The van der Waals surface area contributed by atoms with Crippen molar-refractivity contribution in [1.82, 2.24) is 0 Å². The van der Waals surface area contributed by atoms with E-state index in [1.54, 1.807) is 0 Å². The first-order valence-electron chi connectivity index (χ1n) is 5.52. The molecule has 2 rings (SSSR count). The Morgan fingerprint density at radius 1 is 1.12 bits per heavy atom. The van der Waals surface area contributed by atoms with Gasteiger partial charge in [-0.25, -0.2) is 8.78 Å². The van der Waals surface area contributed by atoms with Crippen molar-refractivity contribution in [3.8, 4) is 0 Å². The van der Waals surface area contributed by atoms with E-state index in [1.807, 2.05) is 0 Å². The first kappa shape index (κ1) is 13.0. The molecule has 1 heterocycles. The average molecular weight is 260 g/mol. The van der Waals surface area contributed by atoms with Gasteiger partial charge in [-0.3, -0.25) is 0 Å². The molecule has 1 aliphatic carbocycles. The molecule has 2 fully saturated rings. The van der Waals surface area contributed by atoms with Gasteiger partial charge < -0.3 is 9.84 Å². The monoisotopic (exact) mass is 260 g/mol. The Bertz CT molecular complexity index is 304. The van der Waals surface area contributed by atoms with E-state index in [4.69, 9.17) is 0 Å². The summed E-state index contributed by atoms with van der Waals surface area (Å²) in [5.74, 6) is -9.22. The number of hydrogen-bond acceptors (Lipinski definition) is 2. The lowest BCUT2D eigenvalue weighted by atomic mass is 9.78. The van der Waals surface area contributed by atoms with E-state index in [2.05, 4.69) is 4.74 Å². The van der Waals surface area contributed by atoms with Crippen LogP contribution in [0.5, 0.6) is 0 Å². The van der Waals surface area contributed by atoms with Crippen molar-refractivity contribution in [3.05, 3.63) is 0 Å². The zero-order valence-electron chi connectivity index (χ0n) is 8.94. The lowest BCUT2D eigenvalue weighted by molar-refractivity contribution is -0.461. The van der Waals surface area contributed by atoms with Crippen LogP contribution >= 0.6 is 0 Å². The second kappa shape index (κ2) is 3.78. The Balaban J connectivity index is 2.28. The van der Waals surface area contributed by atoms with Gasteiger partial charge in [0.2, 0.25) is 0 Å². The van der Waals surface area contributed by atoms with E-state index in [0.717, 1.165) is 0 Å². The van der Waals surface area contributed by atoms with Crippen LogP contribution < -0.4 is 0 Å². The van der Waals surface area contributed by atoms with Crippen molar-refractivity contribution in [2.75, 3.05) is 0 Å². The molecule has 0 aromatic carbocycles. The van der Waals surface area contributed by atoms with Crippen LogP contribution in [0.2, 0.25) is 0 Å². The molecule has 3 unspecified atom stereocenters. The SMILES string of the molecule is OC1(C(F)(F)F)OC2CCCCC2CC1(F)F.